The van der Waals surface area contributed by atoms with Crippen molar-refractivity contribution in [2.75, 3.05) is 4.90 Å². The quantitative estimate of drug-likeness (QED) is 0.428. The van der Waals surface area contributed by atoms with Gasteiger partial charge < -0.3 is 9.57 Å². The largest absolute Gasteiger partial charge is 0.389 e. The highest BCUT2D eigenvalue weighted by molar-refractivity contribution is 6.23. The Balaban J connectivity index is 1.34. The molecule has 3 fully saturated rings. The number of hydrogen-bond acceptors (Lipinski definition) is 7. The number of rotatable bonds is 3. The van der Waals surface area contributed by atoms with E-state index >= 15 is 0 Å². The molecule has 3 saturated heterocycles. The normalized spacial score (nSPS) is 32.7. The summed E-state index contributed by atoms with van der Waals surface area (Å²) in [5.41, 5.74) is 2.61. The molecule has 156 valence electrons. The van der Waals surface area contributed by atoms with Crippen molar-refractivity contribution >= 4 is 28.9 Å². The molecule has 9 heteroatoms. The summed E-state index contributed by atoms with van der Waals surface area (Å²) < 4.78 is 6.07. The number of aryl methyl sites for hydroxylation is 1. The molecule has 0 saturated carbocycles. The van der Waals surface area contributed by atoms with E-state index in [2.05, 4.69) is 5.16 Å². The Kier molecular flexibility index (Phi) is 3.64. The minimum Gasteiger partial charge on any atom is -0.389 e. The van der Waals surface area contributed by atoms with Crippen molar-refractivity contribution in [2.24, 2.45) is 22.9 Å². The number of anilines is 1. The number of nitro groups is 1. The van der Waals surface area contributed by atoms with Gasteiger partial charge in [0, 0.05) is 17.7 Å². The van der Waals surface area contributed by atoms with E-state index in [1.807, 2.05) is 19.1 Å². The third kappa shape index (κ3) is 2.37. The van der Waals surface area contributed by atoms with Crippen molar-refractivity contribution in [3.8, 4) is 0 Å². The summed E-state index contributed by atoms with van der Waals surface area (Å²) >= 11 is 0. The first-order valence-corrected chi connectivity index (χ1v) is 10.0. The van der Waals surface area contributed by atoms with Crippen molar-refractivity contribution in [1.82, 2.24) is 0 Å². The summed E-state index contributed by atoms with van der Waals surface area (Å²) in [4.78, 5) is 44.1. The molecule has 0 aromatic heterocycles. The van der Waals surface area contributed by atoms with E-state index < -0.39 is 35.1 Å². The van der Waals surface area contributed by atoms with E-state index in [0.717, 1.165) is 5.56 Å². The third-order valence-electron chi connectivity index (χ3n) is 6.69. The van der Waals surface area contributed by atoms with Crippen molar-refractivity contribution in [3.05, 3.63) is 69.8 Å². The fourth-order valence-corrected chi connectivity index (χ4v) is 5.32. The molecular formula is C22H17N3O6. The first kappa shape index (κ1) is 18.2. The molecule has 0 unspecified atom stereocenters. The second-order valence-electron chi connectivity index (χ2n) is 8.34. The number of ether oxygens (including phenoxy) is 1. The Hall–Kier alpha value is -3.59. The van der Waals surface area contributed by atoms with E-state index in [0.29, 0.717) is 17.0 Å². The van der Waals surface area contributed by atoms with Crippen LogP contribution in [0.3, 0.4) is 0 Å². The summed E-state index contributed by atoms with van der Waals surface area (Å²) in [6.45, 7) is 1.94. The van der Waals surface area contributed by atoms with Crippen LogP contribution < -0.4 is 4.90 Å². The summed E-state index contributed by atoms with van der Waals surface area (Å²) in [7, 11) is 0. The standard InChI is InChI=1S/C22H17N3O6/c1-10-5-7-12(8-6-10)24-21(26)14-15(22(24)27)19-20-16(18(14)30-19)17(23-31-20)11-3-2-4-13(9-11)25(28)29/h2-9,14-16,18-20H,1H3/t14-,15-,16-,18-,19-,20+/m1/s1. The molecule has 0 radical (unpaired) electrons. The van der Waals surface area contributed by atoms with Crippen molar-refractivity contribution < 1.29 is 24.1 Å². The summed E-state index contributed by atoms with van der Waals surface area (Å²) in [6.07, 6.45) is -1.63. The Morgan fingerprint density at radius 3 is 2.39 bits per heavy atom. The van der Waals surface area contributed by atoms with Crippen LogP contribution in [0.2, 0.25) is 0 Å². The highest BCUT2D eigenvalue weighted by Crippen LogP contribution is 2.55. The summed E-state index contributed by atoms with van der Waals surface area (Å²) in [5.74, 6) is -2.15. The van der Waals surface area contributed by atoms with Gasteiger partial charge in [-0.05, 0) is 19.1 Å². The van der Waals surface area contributed by atoms with Crippen LogP contribution in [-0.2, 0) is 19.2 Å². The van der Waals surface area contributed by atoms with Gasteiger partial charge >= 0.3 is 0 Å². The number of nitro benzene ring substituents is 1. The molecule has 31 heavy (non-hydrogen) atoms. The molecule has 6 rings (SSSR count). The number of fused-ring (bicyclic) bond motifs is 8. The molecule has 4 aliphatic heterocycles. The lowest BCUT2D eigenvalue weighted by molar-refractivity contribution is -0.384. The minimum atomic E-state index is -0.620. The van der Waals surface area contributed by atoms with Gasteiger partial charge in [-0.3, -0.25) is 19.7 Å². The molecule has 0 aliphatic carbocycles. The Morgan fingerprint density at radius 2 is 1.68 bits per heavy atom. The molecule has 2 aromatic rings. The number of carbonyl (C=O) groups excluding carboxylic acids is 2. The van der Waals surface area contributed by atoms with Gasteiger partial charge in [0.25, 0.3) is 5.69 Å². The number of hydrogen-bond donors (Lipinski definition) is 0. The van der Waals surface area contributed by atoms with Crippen molar-refractivity contribution in [3.63, 3.8) is 0 Å². The van der Waals surface area contributed by atoms with E-state index in [1.54, 1.807) is 24.3 Å². The number of carbonyl (C=O) groups is 2. The van der Waals surface area contributed by atoms with Crippen LogP contribution in [0.15, 0.2) is 53.7 Å². The molecule has 0 N–H and O–H groups in total. The molecule has 0 spiro atoms. The number of imide groups is 1. The number of amides is 2. The first-order valence-electron chi connectivity index (χ1n) is 10.0. The molecule has 9 nitrogen and oxygen atoms in total. The number of nitrogens with zero attached hydrogens (tertiary/aromatic N) is 3. The fraction of sp³-hybridized carbons (Fsp3) is 0.318. The van der Waals surface area contributed by atoms with Crippen LogP contribution in [0.4, 0.5) is 11.4 Å². The van der Waals surface area contributed by atoms with Crippen molar-refractivity contribution in [2.45, 2.75) is 25.2 Å². The Bertz CT molecular complexity index is 1180. The highest BCUT2D eigenvalue weighted by Gasteiger charge is 2.72. The van der Waals surface area contributed by atoms with Crippen LogP contribution in [0.1, 0.15) is 11.1 Å². The van der Waals surface area contributed by atoms with Crippen LogP contribution in [-0.4, -0.2) is 40.8 Å². The van der Waals surface area contributed by atoms with E-state index in [1.165, 1.54) is 17.0 Å². The molecular weight excluding hydrogens is 402 g/mol. The number of oxime groups is 1. The average Bonchev–Trinajstić information content (AvgIpc) is 3.49. The average molecular weight is 419 g/mol. The van der Waals surface area contributed by atoms with Crippen LogP contribution in [0.25, 0.3) is 0 Å². The van der Waals surface area contributed by atoms with Gasteiger partial charge in [0.15, 0.2) is 6.10 Å². The number of non-ortho nitro benzene ring substituents is 1. The van der Waals surface area contributed by atoms with Gasteiger partial charge in [-0.25, -0.2) is 4.90 Å². The molecule has 2 amide bonds. The predicted molar refractivity (Wildman–Crippen MR) is 107 cm³/mol. The summed E-state index contributed by atoms with van der Waals surface area (Å²) in [5, 5.41) is 15.3. The zero-order chi connectivity index (χ0) is 21.4. The van der Waals surface area contributed by atoms with Gasteiger partial charge in [0.1, 0.15) is 6.10 Å². The van der Waals surface area contributed by atoms with Gasteiger partial charge in [0.2, 0.25) is 11.8 Å². The Morgan fingerprint density at radius 1 is 0.968 bits per heavy atom. The molecule has 4 aliphatic rings. The second kappa shape index (κ2) is 6.21. The minimum absolute atomic E-state index is 0.0525. The van der Waals surface area contributed by atoms with Crippen LogP contribution >= 0.6 is 0 Å². The lowest BCUT2D eigenvalue weighted by atomic mass is 9.71. The SMILES string of the molecule is Cc1ccc(N2C(=O)[C@H]3[C@H]4O[C@@H]([C@H]5C(c6cccc([N+](=O)[O-])c6)=NO[C@H]45)[C@@H]3C2=O)cc1. The van der Waals surface area contributed by atoms with E-state index in [9.17, 15) is 19.7 Å². The van der Waals surface area contributed by atoms with E-state index in [-0.39, 0.29) is 23.4 Å². The topological polar surface area (TPSA) is 111 Å². The molecule has 6 atom stereocenters. The molecule has 2 bridgehead atoms. The zero-order valence-electron chi connectivity index (χ0n) is 16.4. The van der Waals surface area contributed by atoms with Gasteiger partial charge in [0.05, 0.1) is 40.2 Å². The summed E-state index contributed by atoms with van der Waals surface area (Å²) in [6, 6.07) is 13.4. The maximum atomic E-state index is 13.3. The second-order valence-corrected chi connectivity index (χ2v) is 8.34. The van der Waals surface area contributed by atoms with Crippen molar-refractivity contribution in [1.29, 1.82) is 0 Å². The van der Waals surface area contributed by atoms with Gasteiger partial charge in [-0.15, -0.1) is 0 Å². The van der Waals surface area contributed by atoms with Crippen LogP contribution in [0, 0.1) is 34.8 Å². The van der Waals surface area contributed by atoms with Gasteiger partial charge in [-0.2, -0.15) is 0 Å². The third-order valence-corrected chi connectivity index (χ3v) is 6.69. The molecule has 2 aromatic carbocycles. The molecule has 4 heterocycles. The monoisotopic (exact) mass is 419 g/mol. The lowest BCUT2D eigenvalue weighted by Crippen LogP contribution is -2.45. The maximum absolute atomic E-state index is 13.3. The number of benzene rings is 2. The maximum Gasteiger partial charge on any atom is 0.270 e. The fourth-order valence-electron chi connectivity index (χ4n) is 5.32. The Labute approximate surface area is 176 Å². The lowest BCUT2D eigenvalue weighted by Gasteiger charge is -2.26. The zero-order valence-corrected chi connectivity index (χ0v) is 16.4. The van der Waals surface area contributed by atoms with Crippen LogP contribution in [0.5, 0.6) is 0 Å². The first-order chi connectivity index (χ1) is 15.0. The van der Waals surface area contributed by atoms with E-state index in [4.69, 9.17) is 9.57 Å². The smallest absolute Gasteiger partial charge is 0.270 e. The van der Waals surface area contributed by atoms with Gasteiger partial charge in [-0.1, -0.05) is 35.0 Å². The highest BCUT2D eigenvalue weighted by atomic mass is 16.7. The predicted octanol–water partition coefficient (Wildman–Crippen LogP) is 2.21.